The number of benzene rings is 2. The second-order valence-electron chi connectivity index (χ2n) is 8.56. The number of rotatable bonds is 8. The van der Waals surface area contributed by atoms with E-state index < -0.39 is 0 Å². The van der Waals surface area contributed by atoms with Crippen molar-refractivity contribution in [2.45, 2.75) is 40.0 Å². The minimum absolute atomic E-state index is 0.0853. The summed E-state index contributed by atoms with van der Waals surface area (Å²) in [5.74, 6) is 1.54. The topological polar surface area (TPSA) is 61.4 Å². The molecular weight excluding hydrogens is 504 g/mol. The van der Waals surface area contributed by atoms with Crippen molar-refractivity contribution in [3.8, 4) is 11.4 Å². The molecule has 4 aromatic rings. The van der Waals surface area contributed by atoms with Gasteiger partial charge in [-0.1, -0.05) is 42.4 Å². The van der Waals surface area contributed by atoms with E-state index in [1.54, 1.807) is 18.4 Å². The van der Waals surface area contributed by atoms with Crippen LogP contribution in [0.15, 0.2) is 75.6 Å². The molecule has 4 rings (SSSR count). The minimum Gasteiger partial charge on any atom is -0.490 e. The number of nitrogens with zero attached hydrogens (tertiary/aromatic N) is 4. The predicted octanol–water partition coefficient (Wildman–Crippen LogP) is 6.53. The van der Waals surface area contributed by atoms with Gasteiger partial charge in [-0.2, -0.15) is 9.78 Å². The molecule has 7 heteroatoms. The highest BCUT2D eigenvalue weighted by Gasteiger charge is 2.16. The largest absolute Gasteiger partial charge is 0.490 e. The Kier molecular flexibility index (Phi) is 7.36. The second kappa shape index (κ2) is 10.4. The van der Waals surface area contributed by atoms with Gasteiger partial charge in [0.25, 0.3) is 5.56 Å². The molecule has 0 aliphatic heterocycles. The van der Waals surface area contributed by atoms with Crippen molar-refractivity contribution in [3.63, 3.8) is 0 Å². The van der Waals surface area contributed by atoms with E-state index >= 15 is 0 Å². The smallest absolute Gasteiger partial charge is 0.282 e. The first-order chi connectivity index (χ1) is 16.8. The Morgan fingerprint density at radius 3 is 2.60 bits per heavy atom. The lowest BCUT2D eigenvalue weighted by molar-refractivity contribution is 0.363. The summed E-state index contributed by atoms with van der Waals surface area (Å²) in [5, 5.41) is 5.18. The first-order valence-corrected chi connectivity index (χ1v) is 12.4. The Balaban J connectivity index is 1.75. The molecular formula is C28H29BrN4O2. The number of ether oxygens (including phenoxy) is 1. The Labute approximate surface area is 213 Å². The monoisotopic (exact) mass is 532 g/mol. The predicted molar refractivity (Wildman–Crippen MR) is 146 cm³/mol. The van der Waals surface area contributed by atoms with E-state index in [4.69, 9.17) is 9.72 Å². The molecule has 1 atom stereocenters. The zero-order chi connectivity index (χ0) is 25.1. The third kappa shape index (κ3) is 5.00. The molecule has 180 valence electrons. The van der Waals surface area contributed by atoms with Gasteiger partial charge in [0.1, 0.15) is 18.2 Å². The van der Waals surface area contributed by atoms with Crippen LogP contribution in [0.1, 0.15) is 49.0 Å². The van der Waals surface area contributed by atoms with Gasteiger partial charge in [-0.15, -0.1) is 0 Å². The Bertz CT molecular complexity index is 1470. The highest BCUT2D eigenvalue weighted by Crippen LogP contribution is 2.23. The quantitative estimate of drug-likeness (QED) is 0.191. The van der Waals surface area contributed by atoms with Crippen molar-refractivity contribution in [2.75, 3.05) is 6.61 Å². The number of hydrogen-bond acceptors (Lipinski definition) is 4. The van der Waals surface area contributed by atoms with E-state index in [9.17, 15) is 4.79 Å². The summed E-state index contributed by atoms with van der Waals surface area (Å²) in [4.78, 5) is 18.2. The van der Waals surface area contributed by atoms with Gasteiger partial charge in [0.05, 0.1) is 17.1 Å². The van der Waals surface area contributed by atoms with Crippen LogP contribution in [0, 0.1) is 13.8 Å². The standard InChI is InChI=1S/C28H29BrN4O2/c1-6-14-35-24-11-9-23(10-12-24)32-19(4)15-21(20(32)5)17-30-33-27(18(3)7-2)31-26-13-8-22(29)16-25(26)28(33)34/h6,8-13,15-18H,1,7,14H2,2-5H3/t18-/m1/s1. The van der Waals surface area contributed by atoms with Gasteiger partial charge in [-0.25, -0.2) is 4.98 Å². The number of fused-ring (bicyclic) bond motifs is 1. The summed E-state index contributed by atoms with van der Waals surface area (Å²) < 4.78 is 10.0. The SMILES string of the molecule is C=CCOc1ccc(-n2c(C)cc(C=Nn3c([C@H](C)CC)nc4ccc(Br)cc4c3=O)c2C)cc1. The number of halogens is 1. The minimum atomic E-state index is -0.174. The molecule has 0 radical (unpaired) electrons. The lowest BCUT2D eigenvalue weighted by Gasteiger charge is -2.14. The van der Waals surface area contributed by atoms with Gasteiger partial charge in [-0.3, -0.25) is 4.79 Å². The van der Waals surface area contributed by atoms with Crippen LogP contribution in [0.2, 0.25) is 0 Å². The maximum atomic E-state index is 13.4. The van der Waals surface area contributed by atoms with Crippen molar-refractivity contribution in [3.05, 3.63) is 98.8 Å². The molecule has 0 saturated carbocycles. The van der Waals surface area contributed by atoms with E-state index in [-0.39, 0.29) is 11.5 Å². The molecule has 0 saturated heterocycles. The van der Waals surface area contributed by atoms with E-state index in [1.807, 2.05) is 43.3 Å². The molecule has 0 amide bonds. The highest BCUT2D eigenvalue weighted by atomic mass is 79.9. The molecule has 6 nitrogen and oxygen atoms in total. The zero-order valence-electron chi connectivity index (χ0n) is 20.5. The van der Waals surface area contributed by atoms with Crippen molar-refractivity contribution < 1.29 is 4.74 Å². The van der Waals surface area contributed by atoms with Crippen LogP contribution >= 0.6 is 15.9 Å². The molecule has 2 aromatic carbocycles. The third-order valence-electron chi connectivity index (χ3n) is 6.13. The molecule has 2 heterocycles. The summed E-state index contributed by atoms with van der Waals surface area (Å²) in [6, 6.07) is 15.6. The van der Waals surface area contributed by atoms with Crippen molar-refractivity contribution in [1.82, 2.24) is 14.2 Å². The van der Waals surface area contributed by atoms with Crippen LogP contribution in [0.25, 0.3) is 16.6 Å². The normalized spacial score (nSPS) is 12.4. The number of aromatic nitrogens is 3. The Morgan fingerprint density at radius 1 is 1.17 bits per heavy atom. The molecule has 0 spiro atoms. The van der Waals surface area contributed by atoms with Gasteiger partial charge in [-0.05, 0) is 68.8 Å². The maximum Gasteiger partial charge on any atom is 0.282 e. The van der Waals surface area contributed by atoms with E-state index in [2.05, 4.69) is 59.0 Å². The van der Waals surface area contributed by atoms with Crippen LogP contribution in [-0.2, 0) is 0 Å². The summed E-state index contributed by atoms with van der Waals surface area (Å²) in [6.45, 7) is 12.4. The fourth-order valence-electron chi connectivity index (χ4n) is 4.06. The Morgan fingerprint density at radius 2 is 1.91 bits per heavy atom. The van der Waals surface area contributed by atoms with Crippen molar-refractivity contribution in [2.24, 2.45) is 5.10 Å². The summed E-state index contributed by atoms with van der Waals surface area (Å²) in [7, 11) is 0. The van der Waals surface area contributed by atoms with Crippen LogP contribution in [0.4, 0.5) is 0 Å². The van der Waals surface area contributed by atoms with Crippen molar-refractivity contribution >= 4 is 33.0 Å². The average Bonchev–Trinajstić information content (AvgIpc) is 3.14. The fraction of sp³-hybridized carbons (Fsp3) is 0.250. The molecule has 0 N–H and O–H groups in total. The van der Waals surface area contributed by atoms with Gasteiger partial charge < -0.3 is 9.30 Å². The average molecular weight is 533 g/mol. The summed E-state index contributed by atoms with van der Waals surface area (Å²) in [5.41, 5.74) is 4.57. The van der Waals surface area contributed by atoms with Gasteiger partial charge in [0.2, 0.25) is 0 Å². The first-order valence-electron chi connectivity index (χ1n) is 11.6. The van der Waals surface area contributed by atoms with E-state index in [1.165, 1.54) is 4.68 Å². The molecule has 35 heavy (non-hydrogen) atoms. The maximum absolute atomic E-state index is 13.4. The van der Waals surface area contributed by atoms with Crippen LogP contribution < -0.4 is 10.3 Å². The van der Waals surface area contributed by atoms with E-state index in [0.29, 0.717) is 23.3 Å². The molecule has 0 bridgehead atoms. The zero-order valence-corrected chi connectivity index (χ0v) is 22.0. The highest BCUT2D eigenvalue weighted by molar-refractivity contribution is 9.10. The van der Waals surface area contributed by atoms with Crippen LogP contribution in [0.5, 0.6) is 5.75 Å². The summed E-state index contributed by atoms with van der Waals surface area (Å²) >= 11 is 3.46. The lowest BCUT2D eigenvalue weighted by atomic mass is 10.1. The van der Waals surface area contributed by atoms with Gasteiger partial charge in [0, 0.05) is 33.0 Å². The molecule has 0 unspecified atom stereocenters. The molecule has 0 aliphatic rings. The lowest BCUT2D eigenvalue weighted by Crippen LogP contribution is -2.23. The fourth-order valence-corrected chi connectivity index (χ4v) is 4.42. The molecule has 2 aromatic heterocycles. The Hall–Kier alpha value is -3.45. The van der Waals surface area contributed by atoms with Crippen LogP contribution in [0.3, 0.4) is 0 Å². The second-order valence-corrected chi connectivity index (χ2v) is 9.47. The molecule has 0 aliphatic carbocycles. The van der Waals surface area contributed by atoms with Crippen LogP contribution in [-0.4, -0.2) is 27.0 Å². The molecule has 0 fully saturated rings. The number of hydrogen-bond donors (Lipinski definition) is 0. The number of aryl methyl sites for hydroxylation is 1. The van der Waals surface area contributed by atoms with E-state index in [0.717, 1.165) is 39.3 Å². The van der Waals surface area contributed by atoms with Crippen molar-refractivity contribution in [1.29, 1.82) is 0 Å². The first kappa shape index (κ1) is 24.7. The third-order valence-corrected chi connectivity index (χ3v) is 6.63. The summed E-state index contributed by atoms with van der Waals surface area (Å²) in [6.07, 6.45) is 4.33. The van der Waals surface area contributed by atoms with Gasteiger partial charge in [0.15, 0.2) is 0 Å². The van der Waals surface area contributed by atoms with Gasteiger partial charge >= 0.3 is 0 Å².